The van der Waals surface area contributed by atoms with Crippen molar-refractivity contribution in [2.45, 2.75) is 32.8 Å². The third-order valence-corrected chi connectivity index (χ3v) is 4.74. The molecule has 110 valence electrons. The molecule has 0 bridgehead atoms. The number of fused-ring (bicyclic) bond motifs is 1. The van der Waals surface area contributed by atoms with Crippen LogP contribution in [0.1, 0.15) is 26.7 Å². The summed E-state index contributed by atoms with van der Waals surface area (Å²) in [5.41, 5.74) is 1.13. The molecule has 2 aliphatic rings. The highest BCUT2D eigenvalue weighted by Crippen LogP contribution is 2.29. The Morgan fingerprint density at radius 3 is 2.75 bits per heavy atom. The molecule has 0 amide bonds. The zero-order chi connectivity index (χ0) is 13.9. The van der Waals surface area contributed by atoms with Crippen molar-refractivity contribution < 1.29 is 4.74 Å². The Morgan fingerprint density at radius 1 is 1.25 bits per heavy atom. The molecule has 0 aromatic heterocycles. The van der Waals surface area contributed by atoms with E-state index in [1.165, 1.54) is 25.9 Å². The van der Waals surface area contributed by atoms with Gasteiger partial charge < -0.3 is 10.1 Å². The van der Waals surface area contributed by atoms with Crippen LogP contribution in [0.5, 0.6) is 5.75 Å². The van der Waals surface area contributed by atoms with Gasteiger partial charge in [0, 0.05) is 6.54 Å². The smallest absolute Gasteiger partial charge is 0.142 e. The van der Waals surface area contributed by atoms with Crippen molar-refractivity contribution in [3.8, 4) is 5.75 Å². The van der Waals surface area contributed by atoms with Crippen molar-refractivity contribution >= 4 is 5.69 Å². The minimum Gasteiger partial charge on any atom is -0.485 e. The van der Waals surface area contributed by atoms with Crippen LogP contribution < -0.4 is 10.1 Å². The fourth-order valence-corrected chi connectivity index (χ4v) is 3.35. The summed E-state index contributed by atoms with van der Waals surface area (Å²) in [6.45, 7) is 9.12. The van der Waals surface area contributed by atoms with E-state index in [0.29, 0.717) is 0 Å². The number of hydrogen-bond donors (Lipinski definition) is 1. The molecule has 0 radical (unpaired) electrons. The van der Waals surface area contributed by atoms with Gasteiger partial charge in [0.05, 0.1) is 12.2 Å². The van der Waals surface area contributed by atoms with E-state index in [4.69, 9.17) is 4.74 Å². The van der Waals surface area contributed by atoms with Gasteiger partial charge in [0.25, 0.3) is 0 Å². The van der Waals surface area contributed by atoms with Gasteiger partial charge in [0.1, 0.15) is 11.9 Å². The lowest BCUT2D eigenvalue weighted by Gasteiger charge is -2.37. The van der Waals surface area contributed by atoms with E-state index in [2.05, 4.69) is 36.2 Å². The molecule has 0 aliphatic carbocycles. The molecule has 1 saturated heterocycles. The van der Waals surface area contributed by atoms with Crippen molar-refractivity contribution in [3.05, 3.63) is 24.3 Å². The largest absolute Gasteiger partial charge is 0.485 e. The second kappa shape index (κ2) is 6.04. The lowest BCUT2D eigenvalue weighted by Crippen LogP contribution is -2.45. The molecule has 2 aliphatic heterocycles. The molecule has 0 spiro atoms. The van der Waals surface area contributed by atoms with Crippen LogP contribution in [0.3, 0.4) is 0 Å². The second-order valence-electron chi connectivity index (χ2n) is 6.50. The molecule has 2 heterocycles. The minimum atomic E-state index is 0.278. The summed E-state index contributed by atoms with van der Waals surface area (Å²) in [4.78, 5) is 2.57. The Kier molecular flexibility index (Phi) is 4.16. The molecule has 3 rings (SSSR count). The summed E-state index contributed by atoms with van der Waals surface area (Å²) < 4.78 is 6.10. The van der Waals surface area contributed by atoms with Gasteiger partial charge >= 0.3 is 0 Å². The third-order valence-electron chi connectivity index (χ3n) is 4.74. The number of rotatable bonds is 3. The predicted octanol–water partition coefficient (Wildman–Crippen LogP) is 3.23. The van der Waals surface area contributed by atoms with Crippen LogP contribution in [-0.4, -0.2) is 37.2 Å². The standard InChI is InChI=1S/C17H26N2O/c1-13(2)14-7-9-19(10-8-14)12-15-11-18-16-5-3-4-6-17(16)20-15/h3-6,13-15,18H,7-12H2,1-2H3. The number of likely N-dealkylation sites (tertiary alicyclic amines) is 1. The maximum Gasteiger partial charge on any atom is 0.142 e. The lowest BCUT2D eigenvalue weighted by molar-refractivity contribution is 0.0977. The first-order chi connectivity index (χ1) is 9.72. The third kappa shape index (κ3) is 3.09. The number of nitrogens with one attached hydrogen (secondary N) is 1. The molecule has 1 fully saturated rings. The van der Waals surface area contributed by atoms with Gasteiger partial charge in [-0.3, -0.25) is 4.90 Å². The normalized spacial score (nSPS) is 24.1. The summed E-state index contributed by atoms with van der Waals surface area (Å²) >= 11 is 0. The average molecular weight is 274 g/mol. The van der Waals surface area contributed by atoms with E-state index in [9.17, 15) is 0 Å². The van der Waals surface area contributed by atoms with Crippen molar-refractivity contribution in [3.63, 3.8) is 0 Å². The fraction of sp³-hybridized carbons (Fsp3) is 0.647. The quantitative estimate of drug-likeness (QED) is 0.916. The van der Waals surface area contributed by atoms with E-state index in [1.54, 1.807) is 0 Å². The van der Waals surface area contributed by atoms with Crippen molar-refractivity contribution in [2.24, 2.45) is 11.8 Å². The summed E-state index contributed by atoms with van der Waals surface area (Å²) in [5, 5.41) is 3.48. The maximum absolute atomic E-state index is 6.10. The minimum absolute atomic E-state index is 0.278. The van der Waals surface area contributed by atoms with Crippen LogP contribution in [0, 0.1) is 11.8 Å². The molecule has 1 N–H and O–H groups in total. The molecule has 20 heavy (non-hydrogen) atoms. The van der Waals surface area contributed by atoms with Gasteiger partial charge in [-0.2, -0.15) is 0 Å². The second-order valence-corrected chi connectivity index (χ2v) is 6.50. The van der Waals surface area contributed by atoms with E-state index in [0.717, 1.165) is 36.4 Å². The molecular formula is C17H26N2O. The first-order valence-corrected chi connectivity index (χ1v) is 7.94. The zero-order valence-electron chi connectivity index (χ0n) is 12.6. The highest BCUT2D eigenvalue weighted by Gasteiger charge is 2.25. The summed E-state index contributed by atoms with van der Waals surface area (Å²) in [5.74, 6) is 2.75. The molecule has 1 aromatic carbocycles. The van der Waals surface area contributed by atoms with Crippen molar-refractivity contribution in [1.82, 2.24) is 4.90 Å². The first kappa shape index (κ1) is 13.7. The molecular weight excluding hydrogens is 248 g/mol. The summed E-state index contributed by atoms with van der Waals surface area (Å²) in [7, 11) is 0. The molecule has 1 atom stereocenters. The van der Waals surface area contributed by atoms with Crippen LogP contribution in [-0.2, 0) is 0 Å². The predicted molar refractivity (Wildman–Crippen MR) is 83.3 cm³/mol. The van der Waals surface area contributed by atoms with Crippen LogP contribution in [0.25, 0.3) is 0 Å². The summed E-state index contributed by atoms with van der Waals surface area (Å²) in [6.07, 6.45) is 2.96. The van der Waals surface area contributed by atoms with Gasteiger partial charge in [-0.1, -0.05) is 26.0 Å². The average Bonchev–Trinajstić information content (AvgIpc) is 2.48. The monoisotopic (exact) mass is 274 g/mol. The number of nitrogens with zero attached hydrogens (tertiary/aromatic N) is 1. The number of ether oxygens (including phenoxy) is 1. The van der Waals surface area contributed by atoms with E-state index in [-0.39, 0.29) is 6.10 Å². The maximum atomic E-state index is 6.10. The number of piperidine rings is 1. The van der Waals surface area contributed by atoms with Crippen LogP contribution in [0.15, 0.2) is 24.3 Å². The summed E-state index contributed by atoms with van der Waals surface area (Å²) in [6, 6.07) is 8.22. The Morgan fingerprint density at radius 2 is 2.00 bits per heavy atom. The van der Waals surface area contributed by atoms with Gasteiger partial charge in [0.2, 0.25) is 0 Å². The number of para-hydroxylation sites is 2. The highest BCUT2D eigenvalue weighted by molar-refractivity contribution is 5.57. The van der Waals surface area contributed by atoms with Crippen LogP contribution in [0.4, 0.5) is 5.69 Å². The SMILES string of the molecule is CC(C)C1CCN(CC2CNc3ccccc3O2)CC1. The number of hydrogen-bond acceptors (Lipinski definition) is 3. The Bertz CT molecular complexity index is 438. The number of benzene rings is 1. The molecule has 3 nitrogen and oxygen atoms in total. The van der Waals surface area contributed by atoms with Crippen molar-refractivity contribution in [1.29, 1.82) is 0 Å². The van der Waals surface area contributed by atoms with E-state index < -0.39 is 0 Å². The van der Waals surface area contributed by atoms with Gasteiger partial charge in [-0.05, 0) is 49.9 Å². The van der Waals surface area contributed by atoms with Crippen LogP contribution >= 0.6 is 0 Å². The Balaban J connectivity index is 1.51. The fourth-order valence-electron chi connectivity index (χ4n) is 3.35. The highest BCUT2D eigenvalue weighted by atomic mass is 16.5. The van der Waals surface area contributed by atoms with Gasteiger partial charge in [0.15, 0.2) is 0 Å². The molecule has 0 saturated carbocycles. The molecule has 1 unspecified atom stereocenters. The lowest BCUT2D eigenvalue weighted by atomic mass is 9.86. The number of anilines is 1. The Labute approximate surface area is 122 Å². The van der Waals surface area contributed by atoms with E-state index in [1.807, 2.05) is 12.1 Å². The molecule has 3 heteroatoms. The zero-order valence-corrected chi connectivity index (χ0v) is 12.6. The van der Waals surface area contributed by atoms with Gasteiger partial charge in [-0.15, -0.1) is 0 Å². The van der Waals surface area contributed by atoms with Gasteiger partial charge in [-0.25, -0.2) is 0 Å². The van der Waals surface area contributed by atoms with E-state index >= 15 is 0 Å². The van der Waals surface area contributed by atoms with Crippen LogP contribution in [0.2, 0.25) is 0 Å². The van der Waals surface area contributed by atoms with Crippen molar-refractivity contribution in [2.75, 3.05) is 31.5 Å². The Hall–Kier alpha value is -1.22. The topological polar surface area (TPSA) is 24.5 Å². The first-order valence-electron chi connectivity index (χ1n) is 7.94. The molecule has 1 aromatic rings.